The monoisotopic (exact) mass is 836 g/mol. The van der Waals surface area contributed by atoms with Crippen LogP contribution in [-0.2, 0) is 35.1 Å². The molecule has 9 aromatic carbocycles. The van der Waals surface area contributed by atoms with E-state index in [1.54, 1.807) is 6.07 Å². The molecule has 9 aromatic rings. The Labute approximate surface area is 360 Å². The molecule has 0 radical (unpaired) electrons. The summed E-state index contributed by atoms with van der Waals surface area (Å²) in [6, 6.07) is 71.1. The largest absolute Gasteiger partial charge is 0.214 e. The summed E-state index contributed by atoms with van der Waals surface area (Å²) in [4.78, 5) is 0. The van der Waals surface area contributed by atoms with E-state index in [0.717, 1.165) is 5.02 Å². The minimum absolute atomic E-state index is 0.0554. The Kier molecular flexibility index (Phi) is 15.5. The van der Waals surface area contributed by atoms with Gasteiger partial charge in [0.1, 0.15) is 0 Å². The minimum atomic E-state index is 0.0554. The molecule has 0 spiro atoms. The second-order valence-electron chi connectivity index (χ2n) is 15.8. The number of halogens is 1. The smallest absolute Gasteiger partial charge is 0.0801 e. The van der Waals surface area contributed by atoms with Gasteiger partial charge in [0.15, 0.2) is 0 Å². The zero-order valence-electron chi connectivity index (χ0n) is 34.0. The third-order valence-electron chi connectivity index (χ3n) is 9.56. The van der Waals surface area contributed by atoms with Crippen molar-refractivity contribution in [1.82, 2.24) is 0 Å². The van der Waals surface area contributed by atoms with Crippen molar-refractivity contribution in [3.8, 4) is 22.3 Å². The van der Waals surface area contributed by atoms with E-state index in [4.69, 9.17) is 11.6 Å². The van der Waals surface area contributed by atoms with Crippen molar-refractivity contribution >= 4 is 48.1 Å². The van der Waals surface area contributed by atoms with Gasteiger partial charge in [-0.05, 0) is 44.2 Å². The molecule has 9 rings (SSSR count). The molecule has 0 N–H and O–H groups in total. The Hall–Kier alpha value is -4.94. The number of hydrogen-bond donors (Lipinski definition) is 0. The van der Waals surface area contributed by atoms with Crippen LogP contribution in [0.3, 0.4) is 0 Å². The molecule has 0 aliphatic rings. The number of rotatable bonds is 2. The topological polar surface area (TPSA) is 0 Å². The van der Waals surface area contributed by atoms with E-state index in [0.29, 0.717) is 0 Å². The van der Waals surface area contributed by atoms with Crippen LogP contribution >= 0.6 is 11.6 Å². The Morgan fingerprint density at radius 1 is 0.544 bits per heavy atom. The average molecular weight is 839 g/mol. The fraction of sp³-hybridized carbons (Fsp3) is 0.145. The fourth-order valence-corrected chi connectivity index (χ4v) is 6.95. The summed E-state index contributed by atoms with van der Waals surface area (Å²) in [7, 11) is 0. The summed E-state index contributed by atoms with van der Waals surface area (Å²) in [6.07, 6.45) is 0. The molecule has 0 bridgehead atoms. The van der Waals surface area contributed by atoms with Gasteiger partial charge in [0.25, 0.3) is 0 Å². The number of hydrogen-bond acceptors (Lipinski definition) is 0. The van der Waals surface area contributed by atoms with E-state index in [2.05, 4.69) is 167 Å². The maximum Gasteiger partial charge on any atom is -0.0801 e. The zero-order chi connectivity index (χ0) is 40.8. The first-order valence-corrected chi connectivity index (χ1v) is 21.4. The second-order valence-corrected chi connectivity index (χ2v) is 16.2. The van der Waals surface area contributed by atoms with Crippen LogP contribution in [0.25, 0.3) is 54.6 Å². The molecule has 2 heteroatoms. The first-order valence-electron chi connectivity index (χ1n) is 19.3. The molecule has 57 heavy (non-hydrogen) atoms. The third kappa shape index (κ3) is 11.8. The molecular formula is C55H51ClZr-4. The summed E-state index contributed by atoms with van der Waals surface area (Å²) < 4.78 is 3.34. The van der Waals surface area contributed by atoms with Crippen molar-refractivity contribution in [3.05, 3.63) is 216 Å². The number of benzene rings is 7. The molecule has 0 nitrogen and oxygen atoms in total. The summed E-state index contributed by atoms with van der Waals surface area (Å²) >= 11 is 6.81. The van der Waals surface area contributed by atoms with E-state index in [1.165, 1.54) is 89.9 Å². The molecule has 286 valence electrons. The normalized spacial score (nSPS) is 10.8. The Morgan fingerprint density at radius 2 is 1.02 bits per heavy atom. The molecule has 0 aromatic heterocycles. The van der Waals surface area contributed by atoms with Gasteiger partial charge in [-0.2, -0.15) is 60.1 Å². The molecule has 0 saturated carbocycles. The van der Waals surface area contributed by atoms with Crippen molar-refractivity contribution in [2.45, 2.75) is 52.4 Å². The summed E-state index contributed by atoms with van der Waals surface area (Å²) in [5, 5.41) is 8.54. The molecule has 0 unspecified atom stereocenters. The molecule has 0 amide bonds. The van der Waals surface area contributed by atoms with Crippen molar-refractivity contribution in [1.29, 1.82) is 0 Å². The van der Waals surface area contributed by atoms with Gasteiger partial charge in [-0.3, -0.25) is 0 Å². The Morgan fingerprint density at radius 3 is 1.42 bits per heavy atom. The maximum atomic E-state index is 5.51. The average Bonchev–Trinajstić information content (AvgIpc) is 3.94. The van der Waals surface area contributed by atoms with E-state index in [-0.39, 0.29) is 10.8 Å². The first kappa shape index (κ1) is 43.2. The molecular weight excluding hydrogens is 787 g/mol. The van der Waals surface area contributed by atoms with Gasteiger partial charge in [0.05, 0.1) is 0 Å². The predicted octanol–water partition coefficient (Wildman–Crippen LogP) is 15.8. The van der Waals surface area contributed by atoms with Gasteiger partial charge in [-0.15, -0.1) is 86.9 Å². The first-order chi connectivity index (χ1) is 27.5. The van der Waals surface area contributed by atoms with E-state index < -0.39 is 0 Å². The summed E-state index contributed by atoms with van der Waals surface area (Å²) in [5.74, 6) is 0. The fourth-order valence-electron chi connectivity index (χ4n) is 6.82. The van der Waals surface area contributed by atoms with Gasteiger partial charge in [0.2, 0.25) is 0 Å². The van der Waals surface area contributed by atoms with E-state index in [1.807, 2.05) is 72.8 Å². The molecule has 0 aliphatic carbocycles. The van der Waals surface area contributed by atoms with Gasteiger partial charge in [-0.25, -0.2) is 12.1 Å². The van der Waals surface area contributed by atoms with Gasteiger partial charge < -0.3 is 0 Å². The molecule has 0 fully saturated rings. The summed E-state index contributed by atoms with van der Waals surface area (Å²) in [5.41, 5.74) is 8.16. The maximum absolute atomic E-state index is 5.51. The van der Waals surface area contributed by atoms with Crippen molar-refractivity contribution < 1.29 is 24.2 Å². The van der Waals surface area contributed by atoms with E-state index in [9.17, 15) is 0 Å². The van der Waals surface area contributed by atoms with Gasteiger partial charge in [-0.1, -0.05) is 131 Å². The molecule has 0 saturated heterocycles. The number of fused-ring (bicyclic) bond motifs is 4. The van der Waals surface area contributed by atoms with Crippen LogP contribution in [0.15, 0.2) is 188 Å². The van der Waals surface area contributed by atoms with Gasteiger partial charge >= 0.3 is 28.4 Å². The summed E-state index contributed by atoms with van der Waals surface area (Å²) in [6.45, 7) is 13.9. The minimum Gasteiger partial charge on any atom is -0.214 e. The van der Waals surface area contributed by atoms with E-state index >= 15 is 0 Å². The van der Waals surface area contributed by atoms with Crippen molar-refractivity contribution in [2.24, 2.45) is 0 Å². The van der Waals surface area contributed by atoms with Crippen LogP contribution in [0, 0.1) is 12.1 Å². The molecule has 0 atom stereocenters. The van der Waals surface area contributed by atoms with Crippen LogP contribution in [-0.4, -0.2) is 4.21 Å². The zero-order valence-corrected chi connectivity index (χ0v) is 37.2. The second kappa shape index (κ2) is 20.5. The van der Waals surface area contributed by atoms with Crippen LogP contribution in [0.1, 0.15) is 52.7 Å². The predicted molar refractivity (Wildman–Crippen MR) is 248 cm³/mol. The van der Waals surface area contributed by atoms with Crippen LogP contribution in [0.5, 0.6) is 0 Å². The Balaban J connectivity index is 0.000000206. The Bertz CT molecular complexity index is 2350. The van der Waals surface area contributed by atoms with Gasteiger partial charge in [0, 0.05) is 0 Å². The van der Waals surface area contributed by atoms with Crippen LogP contribution in [0.2, 0.25) is 5.02 Å². The van der Waals surface area contributed by atoms with Crippen LogP contribution < -0.4 is 0 Å². The molecule has 0 aliphatic heterocycles. The quantitative estimate of drug-likeness (QED) is 0.152. The standard InChI is InChI=1S/C33H33.C10H7.C6H4Cl.C5H5.CH2.Zr/c1-32(2,3)30-20-26-24(18-28(30)22-13-9-7-10-14-22)17-25-19-29(23-15-11-8-12-16-23)31(21-27(25)26)33(4,5)6;1-2-6-10-8-4-3-7-9(10)5-1;7-6-4-2-1-3-5-6;1-2-4-5-3-1;;/h7-21H,1-6H3;1-7H;1-2,4-5H;1-5H;1H2;/q4*-1;;. The van der Waals surface area contributed by atoms with Crippen LogP contribution in [0.4, 0.5) is 0 Å². The SMILES string of the molecule is CC(C)(C)c1cc2c(cc1-c1ccccc1)[cH-]c1cc(-c3ccccc3)c(C(C)(C)C)cc12.Clc1c[c-]ccc1.[CH2]=[Zr].[c-]1cccc2ccccc12.c1cc[cH-]c1. The third-order valence-corrected chi connectivity index (χ3v) is 9.80. The van der Waals surface area contributed by atoms with Crippen molar-refractivity contribution in [3.63, 3.8) is 0 Å². The molecule has 0 heterocycles. The van der Waals surface area contributed by atoms with Crippen molar-refractivity contribution in [2.75, 3.05) is 0 Å².